The summed E-state index contributed by atoms with van der Waals surface area (Å²) in [6.45, 7) is 6.26. The predicted molar refractivity (Wildman–Crippen MR) is 75.4 cm³/mol. The Hall–Kier alpha value is -1.55. The van der Waals surface area contributed by atoms with Crippen LogP contribution in [0.1, 0.15) is 25.8 Å². The quantitative estimate of drug-likeness (QED) is 0.785. The summed E-state index contributed by atoms with van der Waals surface area (Å²) < 4.78 is 5.62. The van der Waals surface area contributed by atoms with Gasteiger partial charge in [-0.2, -0.15) is 0 Å². The van der Waals surface area contributed by atoms with Crippen LogP contribution < -0.4 is 4.74 Å². The Morgan fingerprint density at radius 2 is 1.95 bits per heavy atom. The largest absolute Gasteiger partial charge is 0.493 e. The lowest BCUT2D eigenvalue weighted by Crippen LogP contribution is -2.21. The summed E-state index contributed by atoms with van der Waals surface area (Å²) in [7, 11) is 1.92. The first-order chi connectivity index (χ1) is 8.97. The molecule has 0 atom stereocenters. The Morgan fingerprint density at radius 1 is 1.32 bits per heavy atom. The van der Waals surface area contributed by atoms with Crippen molar-refractivity contribution in [3.8, 4) is 5.75 Å². The van der Waals surface area contributed by atoms with Crippen molar-refractivity contribution in [3.05, 3.63) is 29.8 Å². The Balaban J connectivity index is 2.41. The van der Waals surface area contributed by atoms with E-state index >= 15 is 0 Å². The summed E-state index contributed by atoms with van der Waals surface area (Å²) in [5.74, 6) is 0.636. The maximum absolute atomic E-state index is 10.5. The zero-order valence-electron chi connectivity index (χ0n) is 11.9. The van der Waals surface area contributed by atoms with Gasteiger partial charge in [0.05, 0.1) is 13.0 Å². The molecule has 0 amide bonds. The molecule has 19 heavy (non-hydrogen) atoms. The van der Waals surface area contributed by atoms with E-state index < -0.39 is 5.97 Å². The zero-order chi connectivity index (χ0) is 14.3. The van der Waals surface area contributed by atoms with Crippen LogP contribution in [0.25, 0.3) is 0 Å². The molecule has 0 radical (unpaired) electrons. The topological polar surface area (TPSA) is 49.8 Å². The van der Waals surface area contributed by atoms with Crippen LogP contribution >= 0.6 is 0 Å². The normalized spacial score (nSPS) is 11.0. The Bertz CT molecular complexity index is 387. The van der Waals surface area contributed by atoms with Gasteiger partial charge in [-0.25, -0.2) is 0 Å². The van der Waals surface area contributed by atoms with Gasteiger partial charge in [-0.3, -0.25) is 4.79 Å². The van der Waals surface area contributed by atoms with E-state index in [1.165, 1.54) is 0 Å². The summed E-state index contributed by atoms with van der Waals surface area (Å²) in [6.07, 6.45) is 0.173. The van der Waals surface area contributed by atoms with Crippen LogP contribution in [0.4, 0.5) is 0 Å². The van der Waals surface area contributed by atoms with Crippen LogP contribution in [0.2, 0.25) is 0 Å². The van der Waals surface area contributed by atoms with Gasteiger partial charge in [0, 0.05) is 13.1 Å². The molecule has 0 unspecified atom stereocenters. The summed E-state index contributed by atoms with van der Waals surface area (Å²) >= 11 is 0. The molecule has 1 rings (SSSR count). The van der Waals surface area contributed by atoms with Crippen LogP contribution in [-0.4, -0.2) is 36.2 Å². The Labute approximate surface area is 115 Å². The second-order valence-corrected chi connectivity index (χ2v) is 5.23. The van der Waals surface area contributed by atoms with Crippen LogP contribution in [0, 0.1) is 5.92 Å². The number of benzene rings is 1. The number of nitrogens with zero attached hydrogens (tertiary/aromatic N) is 1. The van der Waals surface area contributed by atoms with Gasteiger partial charge in [-0.1, -0.05) is 26.0 Å². The van der Waals surface area contributed by atoms with Crippen molar-refractivity contribution in [2.45, 2.75) is 26.8 Å². The van der Waals surface area contributed by atoms with Gasteiger partial charge in [0.1, 0.15) is 5.75 Å². The number of hydrogen-bond acceptors (Lipinski definition) is 3. The third-order valence-corrected chi connectivity index (χ3v) is 2.67. The van der Waals surface area contributed by atoms with Crippen molar-refractivity contribution in [1.82, 2.24) is 4.90 Å². The van der Waals surface area contributed by atoms with E-state index in [9.17, 15) is 4.79 Å². The lowest BCUT2D eigenvalue weighted by molar-refractivity contribution is -0.137. The van der Waals surface area contributed by atoms with Gasteiger partial charge in [0.2, 0.25) is 0 Å². The minimum atomic E-state index is -0.760. The van der Waals surface area contributed by atoms with Gasteiger partial charge in [-0.05, 0) is 30.7 Å². The molecule has 4 heteroatoms. The van der Waals surface area contributed by atoms with Crippen molar-refractivity contribution in [2.24, 2.45) is 5.92 Å². The molecule has 4 nitrogen and oxygen atoms in total. The standard InChI is InChI=1S/C15H23NO3/c1-12(2)11-19-14-6-4-13(5-7-14)10-16(3)9-8-15(17)18/h4-7,12H,8-11H2,1-3H3,(H,17,18). The highest BCUT2D eigenvalue weighted by Crippen LogP contribution is 2.14. The van der Waals surface area contributed by atoms with E-state index in [-0.39, 0.29) is 6.42 Å². The van der Waals surface area contributed by atoms with Crippen LogP contribution in [-0.2, 0) is 11.3 Å². The molecule has 0 saturated carbocycles. The Morgan fingerprint density at radius 3 is 2.47 bits per heavy atom. The average molecular weight is 265 g/mol. The predicted octanol–water partition coefficient (Wildman–Crippen LogP) is 2.63. The van der Waals surface area contributed by atoms with Gasteiger partial charge in [-0.15, -0.1) is 0 Å². The number of carboxylic acids is 1. The monoisotopic (exact) mass is 265 g/mol. The molecule has 0 saturated heterocycles. The molecule has 0 aromatic heterocycles. The number of hydrogen-bond donors (Lipinski definition) is 1. The van der Waals surface area contributed by atoms with Gasteiger partial charge in [0.25, 0.3) is 0 Å². The van der Waals surface area contributed by atoms with Crippen molar-refractivity contribution in [3.63, 3.8) is 0 Å². The number of ether oxygens (including phenoxy) is 1. The molecule has 0 fully saturated rings. The zero-order valence-corrected chi connectivity index (χ0v) is 11.9. The molecule has 0 spiro atoms. The maximum atomic E-state index is 10.5. The van der Waals surface area contributed by atoms with Gasteiger partial charge < -0.3 is 14.7 Å². The minimum absolute atomic E-state index is 0.173. The summed E-state index contributed by atoms with van der Waals surface area (Å²) in [4.78, 5) is 12.5. The van der Waals surface area contributed by atoms with E-state index in [4.69, 9.17) is 9.84 Å². The molecular formula is C15H23NO3. The highest BCUT2D eigenvalue weighted by Gasteiger charge is 2.04. The molecular weight excluding hydrogens is 242 g/mol. The smallest absolute Gasteiger partial charge is 0.304 e. The highest BCUT2D eigenvalue weighted by atomic mass is 16.5. The van der Waals surface area contributed by atoms with E-state index in [0.717, 1.165) is 24.5 Å². The SMILES string of the molecule is CC(C)COc1ccc(CN(C)CCC(=O)O)cc1. The molecule has 1 aromatic carbocycles. The molecule has 0 aliphatic rings. The number of carbonyl (C=O) groups is 1. The minimum Gasteiger partial charge on any atom is -0.493 e. The lowest BCUT2D eigenvalue weighted by atomic mass is 10.2. The number of carboxylic acid groups (broad SMARTS) is 1. The van der Waals surface area contributed by atoms with Crippen molar-refractivity contribution in [2.75, 3.05) is 20.2 Å². The second kappa shape index (κ2) is 7.79. The van der Waals surface area contributed by atoms with E-state index in [1.807, 2.05) is 36.2 Å². The van der Waals surface area contributed by atoms with Crippen LogP contribution in [0.5, 0.6) is 5.75 Å². The number of rotatable bonds is 8. The second-order valence-electron chi connectivity index (χ2n) is 5.23. The summed E-state index contributed by atoms with van der Waals surface area (Å²) in [6, 6.07) is 7.96. The highest BCUT2D eigenvalue weighted by molar-refractivity contribution is 5.66. The summed E-state index contributed by atoms with van der Waals surface area (Å²) in [5, 5.41) is 8.63. The first-order valence-corrected chi connectivity index (χ1v) is 6.59. The number of aliphatic carboxylic acids is 1. The molecule has 0 aliphatic carbocycles. The molecule has 1 N–H and O–H groups in total. The van der Waals surface area contributed by atoms with Crippen LogP contribution in [0.3, 0.4) is 0 Å². The third kappa shape index (κ3) is 6.82. The van der Waals surface area contributed by atoms with E-state index in [0.29, 0.717) is 12.5 Å². The molecule has 106 valence electrons. The first kappa shape index (κ1) is 15.5. The van der Waals surface area contributed by atoms with Crippen molar-refractivity contribution >= 4 is 5.97 Å². The molecule has 0 bridgehead atoms. The molecule has 0 aliphatic heterocycles. The van der Waals surface area contributed by atoms with Crippen molar-refractivity contribution < 1.29 is 14.6 Å². The Kier molecular flexibility index (Phi) is 6.36. The van der Waals surface area contributed by atoms with Gasteiger partial charge in [0.15, 0.2) is 0 Å². The maximum Gasteiger partial charge on any atom is 0.304 e. The molecule has 1 aromatic rings. The van der Waals surface area contributed by atoms with E-state index in [2.05, 4.69) is 13.8 Å². The fourth-order valence-electron chi connectivity index (χ4n) is 1.63. The van der Waals surface area contributed by atoms with Gasteiger partial charge >= 0.3 is 5.97 Å². The van der Waals surface area contributed by atoms with Crippen LogP contribution in [0.15, 0.2) is 24.3 Å². The van der Waals surface area contributed by atoms with E-state index in [1.54, 1.807) is 0 Å². The third-order valence-electron chi connectivity index (χ3n) is 2.67. The fraction of sp³-hybridized carbons (Fsp3) is 0.533. The lowest BCUT2D eigenvalue weighted by Gasteiger charge is -2.16. The molecule has 0 heterocycles. The average Bonchev–Trinajstić information content (AvgIpc) is 2.35. The summed E-state index contributed by atoms with van der Waals surface area (Å²) in [5.41, 5.74) is 1.16. The van der Waals surface area contributed by atoms with Crippen molar-refractivity contribution in [1.29, 1.82) is 0 Å². The first-order valence-electron chi connectivity index (χ1n) is 6.59. The fourth-order valence-corrected chi connectivity index (χ4v) is 1.63.